The van der Waals surface area contributed by atoms with Crippen LogP contribution >= 0.6 is 0 Å². The van der Waals surface area contributed by atoms with E-state index in [2.05, 4.69) is 39.9 Å². The number of hydrogen-bond donors (Lipinski definition) is 2. The molecule has 2 aliphatic heterocycles. The molecule has 5 heterocycles. The van der Waals surface area contributed by atoms with E-state index in [0.717, 1.165) is 37.2 Å². The van der Waals surface area contributed by atoms with Gasteiger partial charge in [-0.05, 0) is 62.2 Å². The first kappa shape index (κ1) is 27.6. The van der Waals surface area contributed by atoms with E-state index >= 15 is 0 Å². The van der Waals surface area contributed by atoms with Gasteiger partial charge in [-0.15, -0.1) is 10.2 Å². The van der Waals surface area contributed by atoms with E-state index in [1.807, 2.05) is 12.1 Å². The molecule has 7 rings (SSSR count). The van der Waals surface area contributed by atoms with Crippen molar-refractivity contribution in [3.8, 4) is 22.6 Å². The maximum Gasteiger partial charge on any atom is 0.264 e. The summed E-state index contributed by atoms with van der Waals surface area (Å²) >= 11 is 0. The molecule has 11 nitrogen and oxygen atoms in total. The number of anilines is 1. The Morgan fingerprint density at radius 1 is 1.07 bits per heavy atom. The van der Waals surface area contributed by atoms with Crippen LogP contribution in [0.4, 0.5) is 14.5 Å². The lowest BCUT2D eigenvalue weighted by Crippen LogP contribution is -2.49. The molecule has 2 aromatic carbocycles. The zero-order chi connectivity index (χ0) is 29.7. The summed E-state index contributed by atoms with van der Waals surface area (Å²) < 4.78 is 62.1. The number of nitrogens with zero attached hydrogens (tertiary/aromatic N) is 6. The first-order valence-corrected chi connectivity index (χ1v) is 15.4. The Morgan fingerprint density at radius 2 is 1.95 bits per heavy atom. The maximum atomic E-state index is 14.3. The molecule has 2 fully saturated rings. The van der Waals surface area contributed by atoms with Crippen molar-refractivity contribution in [2.75, 3.05) is 30.9 Å². The second-order valence-corrected chi connectivity index (χ2v) is 12.6. The molecule has 0 saturated carbocycles. The molecule has 0 bridgehead atoms. The summed E-state index contributed by atoms with van der Waals surface area (Å²) in [5.41, 5.74) is 3.16. The molecule has 0 amide bonds. The minimum atomic E-state index is -4.36. The smallest absolute Gasteiger partial charge is 0.264 e. The van der Waals surface area contributed by atoms with Gasteiger partial charge in [0.05, 0.1) is 35.2 Å². The van der Waals surface area contributed by atoms with Crippen molar-refractivity contribution in [2.45, 2.75) is 37.2 Å². The number of aryl methyl sites for hydroxylation is 1. The van der Waals surface area contributed by atoms with Crippen molar-refractivity contribution in [1.82, 2.24) is 35.2 Å². The predicted octanol–water partition coefficient (Wildman–Crippen LogP) is 4.34. The summed E-state index contributed by atoms with van der Waals surface area (Å²) in [4.78, 5) is 8.60. The Hall–Kier alpha value is -4.27. The van der Waals surface area contributed by atoms with Gasteiger partial charge >= 0.3 is 0 Å². The minimum Gasteiger partial charge on any atom is -0.419 e. The van der Waals surface area contributed by atoms with Crippen LogP contribution in [-0.4, -0.2) is 75.8 Å². The van der Waals surface area contributed by atoms with E-state index < -0.39 is 26.6 Å². The van der Waals surface area contributed by atoms with Crippen molar-refractivity contribution < 1.29 is 21.6 Å². The fourth-order valence-electron chi connectivity index (χ4n) is 5.90. The summed E-state index contributed by atoms with van der Waals surface area (Å²) in [7, 11) is -4.36. The molecule has 0 unspecified atom stereocenters. The first-order valence-electron chi connectivity index (χ1n) is 13.9. The highest BCUT2D eigenvalue weighted by Gasteiger charge is 2.31. The molecular formula is C29H28F2N8O3S. The monoisotopic (exact) mass is 606 g/mol. The average molecular weight is 607 g/mol. The Morgan fingerprint density at radius 3 is 2.81 bits per heavy atom. The average Bonchev–Trinajstić information content (AvgIpc) is 3.74. The van der Waals surface area contributed by atoms with Gasteiger partial charge in [0.1, 0.15) is 16.5 Å². The van der Waals surface area contributed by atoms with E-state index in [0.29, 0.717) is 58.3 Å². The van der Waals surface area contributed by atoms with Gasteiger partial charge in [-0.3, -0.25) is 24.6 Å². The van der Waals surface area contributed by atoms with Crippen LogP contribution in [0.2, 0.25) is 0 Å². The third-order valence-electron chi connectivity index (χ3n) is 8.13. The largest absolute Gasteiger partial charge is 0.419 e. The SMILES string of the molecule is Cc1ncc(-c2cc(-c3nnc(CN4CCN5CCC[C@H]5C4)o3)c3cn[nH]c3c2)cc1NS(=O)(=O)c1ccc(F)cc1F. The fraction of sp³-hybridized carbons (Fsp3) is 0.310. The van der Waals surface area contributed by atoms with Crippen LogP contribution in [0.25, 0.3) is 33.5 Å². The normalized spacial score (nSPS) is 17.9. The van der Waals surface area contributed by atoms with E-state index in [1.54, 1.807) is 25.4 Å². The molecule has 0 radical (unpaired) electrons. The number of benzene rings is 2. The molecule has 0 aliphatic carbocycles. The summed E-state index contributed by atoms with van der Waals surface area (Å²) in [6.45, 7) is 6.36. The molecule has 2 aliphatic rings. The number of aromatic amines is 1. The number of pyridine rings is 1. The number of rotatable bonds is 7. The lowest BCUT2D eigenvalue weighted by atomic mass is 10.0. The van der Waals surface area contributed by atoms with E-state index in [-0.39, 0.29) is 5.69 Å². The zero-order valence-corrected chi connectivity index (χ0v) is 24.0. The van der Waals surface area contributed by atoms with Gasteiger partial charge in [0.15, 0.2) is 0 Å². The van der Waals surface area contributed by atoms with E-state index in [1.165, 1.54) is 19.4 Å². The van der Waals surface area contributed by atoms with Crippen LogP contribution in [0.1, 0.15) is 24.4 Å². The van der Waals surface area contributed by atoms with E-state index in [9.17, 15) is 17.2 Å². The second kappa shape index (κ2) is 10.8. The number of halogens is 2. The number of sulfonamides is 1. The second-order valence-electron chi connectivity index (χ2n) is 11.0. The van der Waals surface area contributed by atoms with Gasteiger partial charge in [0.2, 0.25) is 11.8 Å². The van der Waals surface area contributed by atoms with Crippen LogP contribution < -0.4 is 4.72 Å². The van der Waals surface area contributed by atoms with Crippen LogP contribution in [0, 0.1) is 18.6 Å². The van der Waals surface area contributed by atoms with Gasteiger partial charge in [0.25, 0.3) is 10.0 Å². The van der Waals surface area contributed by atoms with Crippen LogP contribution in [0.5, 0.6) is 0 Å². The number of fused-ring (bicyclic) bond motifs is 2. The van der Waals surface area contributed by atoms with Crippen molar-refractivity contribution in [3.63, 3.8) is 0 Å². The van der Waals surface area contributed by atoms with Gasteiger partial charge in [0, 0.05) is 48.9 Å². The summed E-state index contributed by atoms with van der Waals surface area (Å²) in [6.07, 6.45) is 5.75. The quantitative estimate of drug-likeness (QED) is 0.278. The predicted molar refractivity (Wildman–Crippen MR) is 154 cm³/mol. The summed E-state index contributed by atoms with van der Waals surface area (Å²) in [5, 5.41) is 16.6. The molecule has 5 aromatic rings. The Balaban J connectivity index is 1.18. The van der Waals surface area contributed by atoms with Crippen molar-refractivity contribution in [1.29, 1.82) is 0 Å². The molecule has 0 spiro atoms. The van der Waals surface area contributed by atoms with Gasteiger partial charge in [-0.2, -0.15) is 5.10 Å². The van der Waals surface area contributed by atoms with Crippen molar-refractivity contribution in [3.05, 3.63) is 72.0 Å². The molecule has 2 N–H and O–H groups in total. The standard InChI is InChI=1S/C29H28F2N8O3S/c1-17-25(37-43(40,41)27-5-4-20(30)12-24(27)31)11-19(13-32-17)18-9-22(23-14-33-34-26(23)10-18)29-36-35-28(42-29)16-38-7-8-39-6-2-3-21(39)15-38/h4-5,9-14,21,37H,2-3,6-8,15-16H2,1H3,(H,33,34)/t21-/m0/s1. The highest BCUT2D eigenvalue weighted by atomic mass is 32.2. The lowest BCUT2D eigenvalue weighted by Gasteiger charge is -2.36. The summed E-state index contributed by atoms with van der Waals surface area (Å²) in [6, 6.07) is 8.20. The highest BCUT2D eigenvalue weighted by molar-refractivity contribution is 7.92. The van der Waals surface area contributed by atoms with Gasteiger partial charge < -0.3 is 4.42 Å². The first-order chi connectivity index (χ1) is 20.7. The van der Waals surface area contributed by atoms with Crippen molar-refractivity contribution in [2.24, 2.45) is 0 Å². The third kappa shape index (κ3) is 5.37. The van der Waals surface area contributed by atoms with Crippen molar-refractivity contribution >= 4 is 26.6 Å². The molecule has 3 aromatic heterocycles. The molecule has 222 valence electrons. The highest BCUT2D eigenvalue weighted by Crippen LogP contribution is 2.34. The molecular weight excluding hydrogens is 578 g/mol. The number of aromatic nitrogens is 5. The summed E-state index contributed by atoms with van der Waals surface area (Å²) in [5.74, 6) is -1.19. The molecule has 14 heteroatoms. The van der Waals surface area contributed by atoms with E-state index in [4.69, 9.17) is 4.42 Å². The topological polar surface area (TPSA) is 133 Å². The maximum absolute atomic E-state index is 14.3. The molecule has 43 heavy (non-hydrogen) atoms. The van der Waals surface area contributed by atoms with Gasteiger partial charge in [-0.25, -0.2) is 17.2 Å². The zero-order valence-electron chi connectivity index (χ0n) is 23.2. The number of nitrogens with one attached hydrogen (secondary N) is 2. The Bertz CT molecular complexity index is 1940. The Kier molecular flexibility index (Phi) is 6.91. The lowest BCUT2D eigenvalue weighted by molar-refractivity contribution is 0.0929. The van der Waals surface area contributed by atoms with Crippen LogP contribution in [-0.2, 0) is 16.6 Å². The Labute approximate surface area is 246 Å². The van der Waals surface area contributed by atoms with Crippen LogP contribution in [0.3, 0.4) is 0 Å². The molecule has 2 saturated heterocycles. The third-order valence-corrected chi connectivity index (χ3v) is 9.53. The fourth-order valence-corrected chi connectivity index (χ4v) is 7.07. The van der Waals surface area contributed by atoms with Gasteiger partial charge in [-0.1, -0.05) is 0 Å². The van der Waals surface area contributed by atoms with Crippen LogP contribution in [0.15, 0.2) is 58.1 Å². The number of H-pyrrole nitrogens is 1. The molecule has 1 atom stereocenters. The number of piperazine rings is 1. The minimum absolute atomic E-state index is 0.148. The number of hydrogen-bond acceptors (Lipinski definition) is 9.